The largest absolute Gasteiger partial charge is 0.240 e. The fraction of sp³-hybridized carbons (Fsp3) is 0.455. The van der Waals surface area contributed by atoms with Crippen LogP contribution in [-0.4, -0.2) is 21.5 Å². The highest BCUT2D eigenvalue weighted by Crippen LogP contribution is 2.09. The molecule has 0 saturated heterocycles. The van der Waals surface area contributed by atoms with Crippen LogP contribution in [0.1, 0.15) is 18.4 Å². The number of sulfonamides is 1. The Morgan fingerprint density at radius 2 is 1.94 bits per heavy atom. The van der Waals surface area contributed by atoms with E-state index in [0.717, 1.165) is 5.56 Å². The van der Waals surface area contributed by atoms with Crippen molar-refractivity contribution in [2.75, 3.05) is 13.1 Å². The minimum atomic E-state index is -3.42. The van der Waals surface area contributed by atoms with Gasteiger partial charge in [0.1, 0.15) is 0 Å². The van der Waals surface area contributed by atoms with Gasteiger partial charge in [0.15, 0.2) is 0 Å². The topological polar surface area (TPSA) is 94.9 Å². The molecule has 0 spiro atoms. The van der Waals surface area contributed by atoms with Gasteiger partial charge < -0.3 is 0 Å². The second-order valence-electron chi connectivity index (χ2n) is 3.87. The van der Waals surface area contributed by atoms with Crippen LogP contribution >= 0.6 is 0 Å². The summed E-state index contributed by atoms with van der Waals surface area (Å²) in [5.41, 5.74) is 9.09. The number of rotatable bonds is 7. The Labute approximate surface area is 107 Å². The van der Waals surface area contributed by atoms with Crippen molar-refractivity contribution >= 4 is 10.0 Å². The molecule has 98 valence electrons. The molecular weight excluding hydrogens is 252 g/mol. The minimum absolute atomic E-state index is 0.267. The number of nitrogens with zero attached hydrogens (tertiary/aromatic N) is 3. The van der Waals surface area contributed by atoms with Gasteiger partial charge in [-0.05, 0) is 37.4 Å². The maximum Gasteiger partial charge on any atom is 0.240 e. The molecule has 0 fully saturated rings. The first-order valence-electron chi connectivity index (χ1n) is 5.63. The van der Waals surface area contributed by atoms with Crippen LogP contribution < -0.4 is 4.72 Å². The van der Waals surface area contributed by atoms with Crippen molar-refractivity contribution in [3.8, 4) is 0 Å². The van der Waals surface area contributed by atoms with Crippen molar-refractivity contribution in [1.29, 1.82) is 0 Å². The van der Waals surface area contributed by atoms with E-state index in [-0.39, 0.29) is 4.90 Å². The van der Waals surface area contributed by atoms with Crippen LogP contribution in [-0.2, 0) is 10.0 Å². The summed E-state index contributed by atoms with van der Waals surface area (Å²) in [4.78, 5) is 2.89. The lowest BCUT2D eigenvalue weighted by Gasteiger charge is -2.06. The van der Waals surface area contributed by atoms with Crippen LogP contribution in [0, 0.1) is 6.92 Å². The summed E-state index contributed by atoms with van der Waals surface area (Å²) in [6.45, 7) is 2.64. The Morgan fingerprint density at radius 3 is 2.56 bits per heavy atom. The van der Waals surface area contributed by atoms with Crippen LogP contribution in [0.3, 0.4) is 0 Å². The second kappa shape index (κ2) is 7.00. The fourth-order valence-corrected chi connectivity index (χ4v) is 2.43. The molecule has 0 aromatic heterocycles. The highest BCUT2D eigenvalue weighted by Gasteiger charge is 2.12. The number of unbranched alkanes of at least 4 members (excludes halogenated alkanes) is 1. The molecule has 0 atom stereocenters. The van der Waals surface area contributed by atoms with E-state index in [1.54, 1.807) is 24.3 Å². The van der Waals surface area contributed by atoms with E-state index >= 15 is 0 Å². The standard InChI is InChI=1S/C11H16N4O2S/c1-10-4-6-11(7-5-10)18(16,17)14-9-3-2-8-13-15-12/h4-7,14H,2-3,8-9H2,1H3. The molecule has 0 aliphatic heterocycles. The molecule has 0 aliphatic rings. The van der Waals surface area contributed by atoms with Crippen LogP contribution in [0.25, 0.3) is 10.4 Å². The SMILES string of the molecule is Cc1ccc(S(=O)(=O)NCCCCN=[N+]=[N-])cc1. The summed E-state index contributed by atoms with van der Waals surface area (Å²) in [7, 11) is -3.42. The zero-order valence-corrected chi connectivity index (χ0v) is 11.0. The maximum absolute atomic E-state index is 11.8. The first kappa shape index (κ1) is 14.5. The molecule has 6 nitrogen and oxygen atoms in total. The van der Waals surface area contributed by atoms with Crippen LogP contribution in [0.2, 0.25) is 0 Å². The van der Waals surface area contributed by atoms with Crippen molar-refractivity contribution in [2.24, 2.45) is 5.11 Å². The average molecular weight is 268 g/mol. The van der Waals surface area contributed by atoms with E-state index in [0.29, 0.717) is 25.9 Å². The van der Waals surface area contributed by atoms with Crippen LogP contribution in [0.15, 0.2) is 34.3 Å². The van der Waals surface area contributed by atoms with Crippen LogP contribution in [0.4, 0.5) is 0 Å². The molecule has 0 unspecified atom stereocenters. The lowest BCUT2D eigenvalue weighted by Crippen LogP contribution is -2.24. The summed E-state index contributed by atoms with van der Waals surface area (Å²) in [5, 5.41) is 3.38. The number of aryl methyl sites for hydroxylation is 1. The minimum Gasteiger partial charge on any atom is -0.211 e. The summed E-state index contributed by atoms with van der Waals surface area (Å²) >= 11 is 0. The Morgan fingerprint density at radius 1 is 1.28 bits per heavy atom. The molecular formula is C11H16N4O2S. The number of hydrogen-bond acceptors (Lipinski definition) is 3. The van der Waals surface area contributed by atoms with Gasteiger partial charge in [-0.3, -0.25) is 0 Å². The van der Waals surface area contributed by atoms with E-state index in [2.05, 4.69) is 14.7 Å². The van der Waals surface area contributed by atoms with Gasteiger partial charge in [0.05, 0.1) is 4.90 Å². The first-order valence-corrected chi connectivity index (χ1v) is 7.12. The zero-order chi connectivity index (χ0) is 13.4. The molecule has 0 saturated carbocycles. The highest BCUT2D eigenvalue weighted by molar-refractivity contribution is 7.89. The molecule has 1 N–H and O–H groups in total. The molecule has 0 aliphatic carbocycles. The molecule has 0 heterocycles. The predicted molar refractivity (Wildman–Crippen MR) is 69.6 cm³/mol. The van der Waals surface area contributed by atoms with E-state index in [1.807, 2.05) is 6.92 Å². The molecule has 0 bridgehead atoms. The molecule has 1 aromatic carbocycles. The molecule has 1 rings (SSSR count). The van der Waals surface area contributed by atoms with Gasteiger partial charge in [-0.2, -0.15) is 0 Å². The predicted octanol–water partition coefficient (Wildman–Crippen LogP) is 2.36. The lowest BCUT2D eigenvalue weighted by atomic mass is 10.2. The quantitative estimate of drug-likeness (QED) is 0.355. The normalized spacial score (nSPS) is 10.9. The monoisotopic (exact) mass is 268 g/mol. The molecule has 0 amide bonds. The fourth-order valence-electron chi connectivity index (χ4n) is 1.36. The third kappa shape index (κ3) is 4.75. The molecule has 7 heteroatoms. The number of nitrogens with one attached hydrogen (secondary N) is 1. The second-order valence-corrected chi connectivity index (χ2v) is 5.64. The van der Waals surface area contributed by atoms with Gasteiger partial charge in [0.2, 0.25) is 10.0 Å². The van der Waals surface area contributed by atoms with Crippen LogP contribution in [0.5, 0.6) is 0 Å². The molecule has 0 radical (unpaired) electrons. The van der Waals surface area contributed by atoms with Gasteiger partial charge in [0, 0.05) is 18.0 Å². The van der Waals surface area contributed by atoms with E-state index < -0.39 is 10.0 Å². The van der Waals surface area contributed by atoms with E-state index in [9.17, 15) is 8.42 Å². The molecule has 1 aromatic rings. The van der Waals surface area contributed by atoms with Crippen molar-refractivity contribution in [2.45, 2.75) is 24.7 Å². The van der Waals surface area contributed by atoms with Gasteiger partial charge in [-0.15, -0.1) is 0 Å². The van der Waals surface area contributed by atoms with Gasteiger partial charge in [-0.1, -0.05) is 22.8 Å². The maximum atomic E-state index is 11.8. The average Bonchev–Trinajstić information content (AvgIpc) is 2.34. The Bertz CT molecular complexity index is 518. The van der Waals surface area contributed by atoms with Gasteiger partial charge in [-0.25, -0.2) is 13.1 Å². The van der Waals surface area contributed by atoms with Gasteiger partial charge >= 0.3 is 0 Å². The summed E-state index contributed by atoms with van der Waals surface area (Å²) in [6.07, 6.45) is 1.31. The number of benzene rings is 1. The Hall–Kier alpha value is -1.56. The Kier molecular flexibility index (Phi) is 5.64. The summed E-state index contributed by atoms with van der Waals surface area (Å²) in [6, 6.07) is 6.68. The van der Waals surface area contributed by atoms with Crippen molar-refractivity contribution in [3.63, 3.8) is 0 Å². The van der Waals surface area contributed by atoms with Crippen molar-refractivity contribution in [1.82, 2.24) is 4.72 Å². The smallest absolute Gasteiger partial charge is 0.211 e. The summed E-state index contributed by atoms with van der Waals surface area (Å²) in [5.74, 6) is 0. The zero-order valence-electron chi connectivity index (χ0n) is 10.2. The lowest BCUT2D eigenvalue weighted by molar-refractivity contribution is 0.577. The number of hydrogen-bond donors (Lipinski definition) is 1. The first-order chi connectivity index (χ1) is 8.56. The molecule has 18 heavy (non-hydrogen) atoms. The highest BCUT2D eigenvalue weighted by atomic mass is 32.2. The summed E-state index contributed by atoms with van der Waals surface area (Å²) < 4.78 is 26.2. The van der Waals surface area contributed by atoms with E-state index in [4.69, 9.17) is 5.53 Å². The third-order valence-electron chi connectivity index (χ3n) is 2.37. The van der Waals surface area contributed by atoms with Crippen molar-refractivity contribution < 1.29 is 8.42 Å². The third-order valence-corrected chi connectivity index (χ3v) is 3.85. The van der Waals surface area contributed by atoms with E-state index in [1.165, 1.54) is 0 Å². The van der Waals surface area contributed by atoms with Gasteiger partial charge in [0.25, 0.3) is 0 Å². The number of azide groups is 1. The van der Waals surface area contributed by atoms with Crippen molar-refractivity contribution in [3.05, 3.63) is 40.3 Å². The Balaban J connectivity index is 2.45.